The molecule has 0 unspecified atom stereocenters. The molecule has 0 fully saturated rings. The molecule has 1 aromatic carbocycles. The normalized spacial score (nSPS) is 11.7. The van der Waals surface area contributed by atoms with Gasteiger partial charge in [0.1, 0.15) is 5.69 Å². The smallest absolute Gasteiger partial charge is 0.402 e. The summed E-state index contributed by atoms with van der Waals surface area (Å²) in [5, 5.41) is 4.26. The Balaban J connectivity index is 2.53. The Morgan fingerprint density at radius 1 is 1.26 bits per heavy atom. The number of nitrogens with zero attached hydrogens (tertiary/aromatic N) is 2. The van der Waals surface area contributed by atoms with Gasteiger partial charge in [0, 0.05) is 12.6 Å². The predicted molar refractivity (Wildman–Crippen MR) is 65.3 cm³/mol. The van der Waals surface area contributed by atoms with Crippen LogP contribution in [0.1, 0.15) is 0 Å². The maximum absolute atomic E-state index is 12.3. The highest BCUT2D eigenvalue weighted by Gasteiger charge is 2.33. The molecule has 3 nitrogen and oxygen atoms in total. The molecule has 1 aromatic heterocycles. The lowest BCUT2D eigenvalue weighted by Gasteiger charge is -2.09. The molecule has 0 atom stereocenters. The van der Waals surface area contributed by atoms with Crippen molar-refractivity contribution < 1.29 is 17.9 Å². The summed E-state index contributed by atoms with van der Waals surface area (Å²) in [5.41, 5.74) is 0.251. The third-order valence-corrected chi connectivity index (χ3v) is 3.05. The maximum atomic E-state index is 12.3. The first-order chi connectivity index (χ1) is 8.78. The lowest BCUT2D eigenvalue weighted by molar-refractivity contribution is -0.274. The van der Waals surface area contributed by atoms with Crippen LogP contribution in [0.5, 0.6) is 5.75 Å². The molecule has 102 valence electrons. The number of hydrogen-bond acceptors (Lipinski definition) is 2. The van der Waals surface area contributed by atoms with Crippen LogP contribution in [0.4, 0.5) is 13.2 Å². The molecule has 2 aromatic rings. The molecular weight excluding hydrogens is 304 g/mol. The van der Waals surface area contributed by atoms with Gasteiger partial charge in [0.2, 0.25) is 0 Å². The highest BCUT2D eigenvalue weighted by Crippen LogP contribution is 2.38. The molecule has 0 bridgehead atoms. The van der Waals surface area contributed by atoms with E-state index in [1.165, 1.54) is 23.9 Å². The molecule has 0 radical (unpaired) electrons. The first kappa shape index (κ1) is 14.0. The van der Waals surface area contributed by atoms with Crippen LogP contribution in [0.25, 0.3) is 11.3 Å². The van der Waals surface area contributed by atoms with E-state index in [0.717, 1.165) is 6.20 Å². The van der Waals surface area contributed by atoms with E-state index in [9.17, 15) is 13.2 Å². The van der Waals surface area contributed by atoms with Gasteiger partial charge >= 0.3 is 6.36 Å². The Labute approximate surface area is 116 Å². The van der Waals surface area contributed by atoms with Crippen molar-refractivity contribution in [1.82, 2.24) is 9.78 Å². The molecule has 0 amide bonds. The third-order valence-electron chi connectivity index (χ3n) is 2.23. The van der Waals surface area contributed by atoms with E-state index in [2.05, 4.69) is 9.84 Å². The lowest BCUT2D eigenvalue weighted by Crippen LogP contribution is -2.17. The van der Waals surface area contributed by atoms with Crippen molar-refractivity contribution in [2.24, 2.45) is 7.05 Å². The molecule has 8 heteroatoms. The summed E-state index contributed by atoms with van der Waals surface area (Å²) in [7, 11) is 1.48. The number of halogens is 5. The zero-order chi connectivity index (χ0) is 14.2. The molecule has 0 spiro atoms. The summed E-state index contributed by atoms with van der Waals surface area (Å²) >= 11 is 11.8. The van der Waals surface area contributed by atoms with Crippen molar-refractivity contribution in [3.63, 3.8) is 0 Å². The summed E-state index contributed by atoms with van der Waals surface area (Å²) in [6.45, 7) is 0. The second-order valence-corrected chi connectivity index (χ2v) is 4.45. The van der Waals surface area contributed by atoms with Gasteiger partial charge in [0.15, 0.2) is 5.75 Å². The van der Waals surface area contributed by atoms with E-state index in [4.69, 9.17) is 23.2 Å². The molecule has 2 rings (SSSR count). The Bertz CT molecular complexity index is 610. The van der Waals surface area contributed by atoms with Gasteiger partial charge in [-0.25, -0.2) is 0 Å². The summed E-state index contributed by atoms with van der Waals surface area (Å²) in [4.78, 5) is 0. The Kier molecular flexibility index (Phi) is 3.64. The van der Waals surface area contributed by atoms with Crippen molar-refractivity contribution in [3.8, 4) is 17.0 Å². The fourth-order valence-corrected chi connectivity index (χ4v) is 1.93. The second kappa shape index (κ2) is 4.94. The minimum Gasteiger partial charge on any atom is -0.402 e. The molecule has 0 aliphatic heterocycles. The van der Waals surface area contributed by atoms with Crippen LogP contribution in [0, 0.1) is 0 Å². The molecule has 0 N–H and O–H groups in total. The van der Waals surface area contributed by atoms with E-state index in [1.807, 2.05) is 0 Å². The van der Waals surface area contributed by atoms with Crippen molar-refractivity contribution in [2.45, 2.75) is 6.36 Å². The maximum Gasteiger partial charge on any atom is 0.573 e. The molecular formula is C11H7Cl2F3N2O. The van der Waals surface area contributed by atoms with E-state index < -0.39 is 12.1 Å². The number of aromatic nitrogens is 2. The van der Waals surface area contributed by atoms with E-state index in [0.29, 0.717) is 0 Å². The van der Waals surface area contributed by atoms with Crippen LogP contribution in [0.2, 0.25) is 10.0 Å². The van der Waals surface area contributed by atoms with Gasteiger partial charge in [-0.15, -0.1) is 13.2 Å². The van der Waals surface area contributed by atoms with Crippen LogP contribution in [0.15, 0.2) is 24.4 Å². The fourth-order valence-electron chi connectivity index (χ4n) is 1.54. The highest BCUT2D eigenvalue weighted by molar-refractivity contribution is 6.43. The SMILES string of the molecule is Cn1cc(OC(F)(F)F)c(-c2cccc(Cl)c2Cl)n1. The zero-order valence-electron chi connectivity index (χ0n) is 9.50. The number of hydrogen-bond donors (Lipinski definition) is 0. The van der Waals surface area contributed by atoms with Crippen molar-refractivity contribution in [1.29, 1.82) is 0 Å². The van der Waals surface area contributed by atoms with Crippen LogP contribution in [-0.2, 0) is 7.05 Å². The largest absolute Gasteiger partial charge is 0.573 e. The second-order valence-electron chi connectivity index (χ2n) is 3.66. The molecule has 0 saturated heterocycles. The van der Waals surface area contributed by atoms with Crippen molar-refractivity contribution in [2.75, 3.05) is 0 Å². The number of ether oxygens (including phenoxy) is 1. The molecule has 0 aliphatic rings. The predicted octanol–water partition coefficient (Wildman–Crippen LogP) is 4.29. The van der Waals surface area contributed by atoms with Crippen molar-refractivity contribution >= 4 is 23.2 Å². The Morgan fingerprint density at radius 2 is 1.95 bits per heavy atom. The van der Waals surface area contributed by atoms with Gasteiger partial charge in [0.25, 0.3) is 0 Å². The van der Waals surface area contributed by atoms with Gasteiger partial charge in [-0.1, -0.05) is 35.3 Å². The van der Waals surface area contributed by atoms with E-state index in [1.54, 1.807) is 6.07 Å². The Hall–Kier alpha value is -1.40. The number of rotatable bonds is 2. The van der Waals surface area contributed by atoms with E-state index in [-0.39, 0.29) is 21.3 Å². The molecule has 0 aliphatic carbocycles. The minimum absolute atomic E-state index is 0.0210. The first-order valence-electron chi connectivity index (χ1n) is 5.01. The van der Waals surface area contributed by atoms with Gasteiger partial charge in [0.05, 0.1) is 16.2 Å². The monoisotopic (exact) mass is 310 g/mol. The summed E-state index contributed by atoms with van der Waals surface area (Å²) in [6, 6.07) is 4.61. The van der Waals surface area contributed by atoms with Gasteiger partial charge < -0.3 is 4.74 Å². The van der Waals surface area contributed by atoms with Crippen LogP contribution >= 0.6 is 23.2 Å². The average Bonchev–Trinajstić information content (AvgIpc) is 2.61. The van der Waals surface area contributed by atoms with Gasteiger partial charge in [-0.3, -0.25) is 4.68 Å². The Morgan fingerprint density at radius 3 is 2.58 bits per heavy atom. The fraction of sp³-hybridized carbons (Fsp3) is 0.182. The molecule has 19 heavy (non-hydrogen) atoms. The molecule has 0 saturated carbocycles. The standard InChI is InChI=1S/C11H7Cl2F3N2O/c1-18-5-8(19-11(14,15)16)10(17-18)6-3-2-4-7(12)9(6)13/h2-5H,1H3. The van der Waals surface area contributed by atoms with Crippen molar-refractivity contribution in [3.05, 3.63) is 34.4 Å². The van der Waals surface area contributed by atoms with Gasteiger partial charge in [-0.05, 0) is 6.07 Å². The number of alkyl halides is 3. The van der Waals surface area contributed by atoms with Gasteiger partial charge in [-0.2, -0.15) is 5.10 Å². The minimum atomic E-state index is -4.80. The summed E-state index contributed by atoms with van der Waals surface area (Å²) in [6.07, 6.45) is -3.69. The average molecular weight is 311 g/mol. The topological polar surface area (TPSA) is 27.1 Å². The number of benzene rings is 1. The number of aryl methyl sites for hydroxylation is 1. The van der Waals surface area contributed by atoms with E-state index >= 15 is 0 Å². The quantitative estimate of drug-likeness (QED) is 0.827. The van der Waals surface area contributed by atoms with Crippen LogP contribution in [-0.4, -0.2) is 16.1 Å². The molecule has 1 heterocycles. The zero-order valence-corrected chi connectivity index (χ0v) is 11.0. The van der Waals surface area contributed by atoms with Crippen LogP contribution < -0.4 is 4.74 Å². The summed E-state index contributed by atoms with van der Waals surface area (Å²) in [5.74, 6) is -0.431. The van der Waals surface area contributed by atoms with Crippen LogP contribution in [0.3, 0.4) is 0 Å². The highest BCUT2D eigenvalue weighted by atomic mass is 35.5. The first-order valence-corrected chi connectivity index (χ1v) is 5.77. The summed E-state index contributed by atoms with van der Waals surface area (Å²) < 4.78 is 42.0. The lowest BCUT2D eigenvalue weighted by atomic mass is 10.1. The third kappa shape index (κ3) is 3.13.